The third-order valence-electron chi connectivity index (χ3n) is 12.8. The summed E-state index contributed by atoms with van der Waals surface area (Å²) in [7, 11) is 4.29. The van der Waals surface area contributed by atoms with Gasteiger partial charge in [0.05, 0.1) is 66.1 Å². The second-order valence-electron chi connectivity index (χ2n) is 18.4. The first-order chi connectivity index (χ1) is 34.4. The van der Waals surface area contributed by atoms with Gasteiger partial charge in [-0.25, -0.2) is 46.5 Å². The lowest BCUT2D eigenvalue weighted by molar-refractivity contribution is 0.283. The van der Waals surface area contributed by atoms with Gasteiger partial charge in [0.25, 0.3) is 11.1 Å². The van der Waals surface area contributed by atoms with Crippen molar-refractivity contribution in [2.75, 3.05) is 39.8 Å². The Labute approximate surface area is 417 Å². The summed E-state index contributed by atoms with van der Waals surface area (Å²) >= 11 is 0. The summed E-state index contributed by atoms with van der Waals surface area (Å²) < 4.78 is 58.1. The first-order valence-electron chi connectivity index (χ1n) is 23.4. The summed E-state index contributed by atoms with van der Waals surface area (Å²) in [5, 5.41) is 3.05. The molecule has 8 aromatic rings. The van der Waals surface area contributed by atoms with E-state index in [2.05, 4.69) is 44.2 Å². The van der Waals surface area contributed by atoms with E-state index < -0.39 is 15.7 Å². The van der Waals surface area contributed by atoms with Crippen molar-refractivity contribution in [2.45, 2.75) is 69.4 Å². The Balaban J connectivity index is 0.000000166. The number of aromatic nitrogens is 8. The van der Waals surface area contributed by atoms with Crippen molar-refractivity contribution in [1.29, 1.82) is 0 Å². The van der Waals surface area contributed by atoms with Crippen LogP contribution in [0.5, 0.6) is 0 Å². The minimum absolute atomic E-state index is 0.00798. The molecule has 0 spiro atoms. The zero-order valence-corrected chi connectivity index (χ0v) is 42.0. The van der Waals surface area contributed by atoms with Gasteiger partial charge in [-0.05, 0) is 101 Å². The number of nitrogens with one attached hydrogen (secondary N) is 1. The Morgan fingerprint density at radius 3 is 1.43 bits per heavy atom. The Morgan fingerprint density at radius 2 is 1.01 bits per heavy atom. The van der Waals surface area contributed by atoms with E-state index in [1.54, 1.807) is 33.8 Å². The van der Waals surface area contributed by atoms with Crippen molar-refractivity contribution in [1.82, 2.24) is 48.5 Å². The summed E-state index contributed by atoms with van der Waals surface area (Å²) in [6.45, 7) is 6.31. The quantitative estimate of drug-likeness (QED) is 0.127. The Hall–Kier alpha value is -7.45. The number of fused-ring (bicyclic) bond motifs is 2. The minimum Gasteiger partial charge on any atom is -0.348 e. The summed E-state index contributed by atoms with van der Waals surface area (Å²) in [4.78, 5) is 48.2. The van der Waals surface area contributed by atoms with E-state index in [1.807, 2.05) is 104 Å². The molecule has 4 aromatic heterocycles. The highest BCUT2D eigenvalue weighted by Crippen LogP contribution is 2.34. The van der Waals surface area contributed by atoms with Crippen LogP contribution in [0, 0.1) is 11.6 Å². The van der Waals surface area contributed by atoms with Gasteiger partial charge >= 0.3 is 0 Å². The van der Waals surface area contributed by atoms with Crippen LogP contribution >= 0.6 is 0 Å². The zero-order chi connectivity index (χ0) is 51.4. The van der Waals surface area contributed by atoms with E-state index in [0.717, 1.165) is 17.5 Å². The normalized spacial score (nSPS) is 15.8. The fourth-order valence-corrected chi connectivity index (χ4v) is 9.27. The number of benzene rings is 4. The molecule has 16 nitrogen and oxygen atoms in total. The molecule has 4 aromatic carbocycles. The first-order valence-corrected chi connectivity index (χ1v) is 25.3. The van der Waals surface area contributed by atoms with Crippen molar-refractivity contribution in [2.24, 2.45) is 5.73 Å². The number of sulfone groups is 1. The van der Waals surface area contributed by atoms with Crippen LogP contribution in [-0.2, 0) is 36.0 Å². The molecule has 10 rings (SSSR count). The predicted octanol–water partition coefficient (Wildman–Crippen LogP) is 7.00. The molecule has 0 fully saturated rings. The number of nitrogens with zero attached hydrogens (tertiary/aromatic N) is 10. The Morgan fingerprint density at radius 1 is 0.597 bits per heavy atom. The summed E-state index contributed by atoms with van der Waals surface area (Å²) in [5.41, 5.74) is 11.9. The van der Waals surface area contributed by atoms with Crippen LogP contribution in [0.1, 0.15) is 37.1 Å². The van der Waals surface area contributed by atoms with Crippen LogP contribution in [0.2, 0.25) is 0 Å². The molecule has 0 bridgehead atoms. The maximum absolute atomic E-state index is 13.6. The maximum atomic E-state index is 13.6. The fraction of sp³-hybridized carbons (Fsp3) is 0.283. The second kappa shape index (κ2) is 21.5. The van der Waals surface area contributed by atoms with Crippen LogP contribution in [-0.4, -0.2) is 103 Å². The smallest absolute Gasteiger partial charge is 0.275 e. The standard InChI is InChI=1S/C26H27FN6O.C19H20FN5O3S.C8H11N/c1-17(18-7-5-4-6-8-18)29-26-28-14-13-22(30-26)24-23(19-9-11-20(27)12-10-19)25(34)33-16-21(31(2)3)15-32(24)33;1-23(2)14-10-24-17(15-8-9-21-19(22-15)29(3,27)28)16(18(26)25(24)11-14)12-4-6-13(20)7-5-12;1-7(9)8-5-3-2-4-6-8/h4-14,17,21H,15-16H2,1-3H3,(H,28,29,30);4-9,14H,10-11H2,1-3H3;2-7H,9H2,1H3/t17-,21?;;7-/m0.0/s1. The molecule has 4 atom stereocenters. The highest BCUT2D eigenvalue weighted by Gasteiger charge is 2.34. The largest absolute Gasteiger partial charge is 0.348 e. The maximum Gasteiger partial charge on any atom is 0.275 e. The van der Waals surface area contributed by atoms with Crippen molar-refractivity contribution >= 4 is 15.8 Å². The summed E-state index contributed by atoms with van der Waals surface area (Å²) in [6.07, 6.45) is 4.09. The van der Waals surface area contributed by atoms with Gasteiger partial charge in [0.15, 0.2) is 0 Å². The third-order valence-corrected chi connectivity index (χ3v) is 13.7. The van der Waals surface area contributed by atoms with E-state index in [9.17, 15) is 26.8 Å². The highest BCUT2D eigenvalue weighted by atomic mass is 32.2. The van der Waals surface area contributed by atoms with E-state index >= 15 is 0 Å². The van der Waals surface area contributed by atoms with Gasteiger partial charge in [-0.1, -0.05) is 84.9 Å². The predicted molar refractivity (Wildman–Crippen MR) is 276 cm³/mol. The van der Waals surface area contributed by atoms with Gasteiger partial charge < -0.3 is 20.9 Å². The molecule has 0 aliphatic carbocycles. The van der Waals surface area contributed by atoms with E-state index in [0.29, 0.717) is 71.5 Å². The van der Waals surface area contributed by atoms with Crippen molar-refractivity contribution in [3.8, 4) is 45.0 Å². The van der Waals surface area contributed by atoms with E-state index in [4.69, 9.17) is 10.7 Å². The molecule has 0 radical (unpaired) electrons. The number of nitrogens with two attached hydrogens (primary N) is 1. The highest BCUT2D eigenvalue weighted by molar-refractivity contribution is 7.90. The van der Waals surface area contributed by atoms with Crippen LogP contribution in [0.25, 0.3) is 45.0 Å². The van der Waals surface area contributed by atoms with Gasteiger partial charge in [-0.3, -0.25) is 19.0 Å². The molecular formula is C53H58F2N12O4S. The molecule has 0 saturated heterocycles. The molecule has 2 aliphatic rings. The monoisotopic (exact) mass is 996 g/mol. The van der Waals surface area contributed by atoms with Crippen LogP contribution in [0.15, 0.2) is 148 Å². The number of halogens is 2. The van der Waals surface area contributed by atoms with Gasteiger partial charge in [-0.15, -0.1) is 0 Å². The molecule has 2 aliphatic heterocycles. The molecule has 72 heavy (non-hydrogen) atoms. The second-order valence-corrected chi connectivity index (χ2v) is 20.3. The summed E-state index contributed by atoms with van der Waals surface area (Å²) in [5.74, 6) is -0.265. The lowest BCUT2D eigenvalue weighted by Crippen LogP contribution is -2.31. The average molecular weight is 997 g/mol. The average Bonchev–Trinajstić information content (AvgIpc) is 4.14. The van der Waals surface area contributed by atoms with Crippen LogP contribution in [0.3, 0.4) is 0 Å². The van der Waals surface area contributed by atoms with Gasteiger partial charge in [0, 0.05) is 36.8 Å². The molecule has 0 saturated carbocycles. The number of rotatable bonds is 11. The Kier molecular flexibility index (Phi) is 15.2. The van der Waals surface area contributed by atoms with Crippen molar-refractivity contribution in [3.05, 3.63) is 177 Å². The molecule has 2 unspecified atom stereocenters. The number of anilines is 1. The minimum atomic E-state index is -3.62. The molecule has 3 N–H and O–H groups in total. The van der Waals surface area contributed by atoms with Crippen LogP contribution < -0.4 is 22.2 Å². The van der Waals surface area contributed by atoms with Crippen molar-refractivity contribution in [3.63, 3.8) is 0 Å². The summed E-state index contributed by atoms with van der Waals surface area (Å²) in [6, 6.07) is 35.7. The zero-order valence-electron chi connectivity index (χ0n) is 41.2. The first kappa shape index (κ1) is 50.9. The SMILES string of the molecule is CN(C)C1Cn2c(-c3ccnc(S(C)(=O)=O)n3)c(-c3ccc(F)cc3)c(=O)n2C1.C[C@H](N)c1ccccc1.C[C@H](Nc1nccc(-c2c(-c3ccc(F)cc3)c(=O)n3n2CC(N(C)C)C3)n1)c1ccccc1. The lowest BCUT2D eigenvalue weighted by Gasteiger charge is -2.18. The number of hydrogen-bond acceptors (Lipinski definition) is 12. The molecule has 19 heteroatoms. The molecule has 6 heterocycles. The topological polar surface area (TPSA) is 184 Å². The number of likely N-dealkylation sites (N-methyl/N-ethyl adjacent to an activating group) is 2. The molecular weight excluding hydrogens is 939 g/mol. The molecule has 0 amide bonds. The lowest BCUT2D eigenvalue weighted by atomic mass is 10.0. The van der Waals surface area contributed by atoms with Gasteiger partial charge in [0.1, 0.15) is 11.6 Å². The Bertz CT molecular complexity index is 3390. The van der Waals surface area contributed by atoms with Gasteiger partial charge in [-0.2, -0.15) is 0 Å². The van der Waals surface area contributed by atoms with E-state index in [-0.39, 0.29) is 46.3 Å². The van der Waals surface area contributed by atoms with Crippen molar-refractivity contribution < 1.29 is 17.2 Å². The fourth-order valence-electron chi connectivity index (χ4n) is 8.75. The third kappa shape index (κ3) is 11.0. The van der Waals surface area contributed by atoms with Gasteiger partial charge in [0.2, 0.25) is 20.9 Å². The van der Waals surface area contributed by atoms with E-state index in [1.165, 1.54) is 48.2 Å². The molecule has 374 valence electrons. The number of hydrogen-bond donors (Lipinski definition) is 2. The van der Waals surface area contributed by atoms with Crippen LogP contribution in [0.4, 0.5) is 14.7 Å².